The standard InChI is InChI=1S/C10H8N4S2/c11-14-9(7-3-1-5-15-7)12-13-10(14)8-4-2-6-16-8/h1-6H,11H2. The molecule has 2 N–H and O–H groups in total. The average Bonchev–Trinajstić information content (AvgIpc) is 2.96. The Bertz CT molecular complexity index is 529. The number of nitrogen functional groups attached to an aromatic ring is 1. The van der Waals surface area contributed by atoms with E-state index < -0.39 is 0 Å². The molecule has 6 heteroatoms. The van der Waals surface area contributed by atoms with Gasteiger partial charge in [0.1, 0.15) is 0 Å². The third-order valence-electron chi connectivity index (χ3n) is 2.18. The van der Waals surface area contributed by atoms with Crippen LogP contribution in [0.5, 0.6) is 0 Å². The van der Waals surface area contributed by atoms with Crippen LogP contribution >= 0.6 is 22.7 Å². The zero-order chi connectivity index (χ0) is 11.0. The highest BCUT2D eigenvalue weighted by Gasteiger charge is 2.14. The van der Waals surface area contributed by atoms with Crippen LogP contribution in [0.1, 0.15) is 0 Å². The molecule has 3 heterocycles. The lowest BCUT2D eigenvalue weighted by molar-refractivity contribution is 1.02. The van der Waals surface area contributed by atoms with E-state index in [0.717, 1.165) is 9.75 Å². The molecule has 80 valence electrons. The molecule has 0 spiro atoms. The molecule has 3 aromatic rings. The van der Waals surface area contributed by atoms with E-state index >= 15 is 0 Å². The van der Waals surface area contributed by atoms with Crippen LogP contribution in [0.4, 0.5) is 0 Å². The lowest BCUT2D eigenvalue weighted by atomic mass is 10.4. The van der Waals surface area contributed by atoms with Crippen molar-refractivity contribution in [3.8, 4) is 21.4 Å². The molecule has 3 rings (SSSR count). The third-order valence-corrected chi connectivity index (χ3v) is 3.91. The summed E-state index contributed by atoms with van der Waals surface area (Å²) >= 11 is 3.20. The largest absolute Gasteiger partial charge is 0.336 e. The van der Waals surface area contributed by atoms with Gasteiger partial charge >= 0.3 is 0 Å². The van der Waals surface area contributed by atoms with Crippen molar-refractivity contribution < 1.29 is 0 Å². The van der Waals surface area contributed by atoms with Crippen molar-refractivity contribution in [3.63, 3.8) is 0 Å². The number of thiophene rings is 2. The Hall–Kier alpha value is -1.66. The Balaban J connectivity index is 2.12. The minimum atomic E-state index is 0.707. The number of nitrogens with zero attached hydrogens (tertiary/aromatic N) is 3. The van der Waals surface area contributed by atoms with E-state index in [2.05, 4.69) is 10.2 Å². The fraction of sp³-hybridized carbons (Fsp3) is 0. The van der Waals surface area contributed by atoms with E-state index in [1.807, 2.05) is 35.0 Å². The first-order valence-corrected chi connectivity index (χ1v) is 6.40. The van der Waals surface area contributed by atoms with Gasteiger partial charge in [-0.3, -0.25) is 0 Å². The van der Waals surface area contributed by atoms with Crippen LogP contribution in [0.3, 0.4) is 0 Å². The molecule has 0 radical (unpaired) electrons. The van der Waals surface area contributed by atoms with Gasteiger partial charge < -0.3 is 5.84 Å². The molecule has 0 bridgehead atoms. The van der Waals surface area contributed by atoms with E-state index in [1.54, 1.807) is 22.7 Å². The zero-order valence-electron chi connectivity index (χ0n) is 8.20. The van der Waals surface area contributed by atoms with E-state index in [9.17, 15) is 0 Å². The maximum absolute atomic E-state index is 5.99. The number of nitrogens with two attached hydrogens (primary N) is 1. The van der Waals surface area contributed by atoms with Crippen molar-refractivity contribution in [1.29, 1.82) is 0 Å². The van der Waals surface area contributed by atoms with Crippen molar-refractivity contribution >= 4 is 22.7 Å². The quantitative estimate of drug-likeness (QED) is 0.709. The Kier molecular flexibility index (Phi) is 2.23. The topological polar surface area (TPSA) is 56.7 Å². The van der Waals surface area contributed by atoms with Gasteiger partial charge in [0.15, 0.2) is 11.6 Å². The molecule has 0 saturated carbocycles. The van der Waals surface area contributed by atoms with Crippen LogP contribution in [0, 0.1) is 0 Å². The summed E-state index contributed by atoms with van der Waals surface area (Å²) in [6, 6.07) is 7.91. The van der Waals surface area contributed by atoms with Gasteiger partial charge in [-0.25, -0.2) is 4.68 Å². The molecular formula is C10H8N4S2. The Morgan fingerprint density at radius 2 is 1.44 bits per heavy atom. The second-order valence-corrected chi connectivity index (χ2v) is 5.07. The minimum Gasteiger partial charge on any atom is -0.336 e. The Morgan fingerprint density at radius 3 is 1.81 bits per heavy atom. The first-order chi connectivity index (χ1) is 7.86. The fourth-order valence-corrected chi connectivity index (χ4v) is 2.85. The maximum Gasteiger partial charge on any atom is 0.192 e. The second-order valence-electron chi connectivity index (χ2n) is 3.17. The summed E-state index contributed by atoms with van der Waals surface area (Å²) in [4.78, 5) is 2.05. The molecular weight excluding hydrogens is 240 g/mol. The Morgan fingerprint density at radius 1 is 0.938 bits per heavy atom. The number of hydrogen-bond donors (Lipinski definition) is 1. The molecule has 0 atom stereocenters. The molecule has 0 aliphatic carbocycles. The van der Waals surface area contributed by atoms with Crippen LogP contribution in [0.2, 0.25) is 0 Å². The summed E-state index contributed by atoms with van der Waals surface area (Å²) in [5, 5.41) is 12.2. The summed E-state index contributed by atoms with van der Waals surface area (Å²) in [5.41, 5.74) is 0. The number of rotatable bonds is 2. The van der Waals surface area contributed by atoms with Crippen LogP contribution in [0.15, 0.2) is 35.0 Å². The predicted molar refractivity (Wildman–Crippen MR) is 66.8 cm³/mol. The normalized spacial score (nSPS) is 10.8. The lowest BCUT2D eigenvalue weighted by Crippen LogP contribution is -2.10. The summed E-state index contributed by atoms with van der Waals surface area (Å²) in [6.07, 6.45) is 0. The van der Waals surface area contributed by atoms with Gasteiger partial charge in [-0.1, -0.05) is 12.1 Å². The van der Waals surface area contributed by atoms with Crippen LogP contribution < -0.4 is 5.84 Å². The van der Waals surface area contributed by atoms with Gasteiger partial charge in [0, 0.05) is 0 Å². The first-order valence-electron chi connectivity index (χ1n) is 4.64. The fourth-order valence-electron chi connectivity index (χ4n) is 1.44. The second kappa shape index (κ2) is 3.73. The van der Waals surface area contributed by atoms with Gasteiger partial charge in [0.05, 0.1) is 9.75 Å². The predicted octanol–water partition coefficient (Wildman–Crippen LogP) is 2.45. The van der Waals surface area contributed by atoms with E-state index in [-0.39, 0.29) is 0 Å². The smallest absolute Gasteiger partial charge is 0.192 e. The molecule has 0 unspecified atom stereocenters. The molecule has 0 saturated heterocycles. The zero-order valence-corrected chi connectivity index (χ0v) is 9.83. The number of hydrogen-bond acceptors (Lipinski definition) is 5. The highest BCUT2D eigenvalue weighted by atomic mass is 32.1. The van der Waals surface area contributed by atoms with Crippen molar-refractivity contribution in [1.82, 2.24) is 14.9 Å². The first kappa shape index (κ1) is 9.56. The molecule has 0 aliphatic heterocycles. The summed E-state index contributed by atoms with van der Waals surface area (Å²) in [7, 11) is 0. The monoisotopic (exact) mass is 248 g/mol. The van der Waals surface area contributed by atoms with Crippen molar-refractivity contribution in [2.24, 2.45) is 0 Å². The summed E-state index contributed by atoms with van der Waals surface area (Å²) in [5.74, 6) is 7.40. The molecule has 0 amide bonds. The van der Waals surface area contributed by atoms with Gasteiger partial charge in [-0.2, -0.15) is 0 Å². The lowest BCUT2D eigenvalue weighted by Gasteiger charge is -1.99. The van der Waals surface area contributed by atoms with Crippen LogP contribution in [-0.2, 0) is 0 Å². The summed E-state index contributed by atoms with van der Waals surface area (Å²) in [6.45, 7) is 0. The van der Waals surface area contributed by atoms with Gasteiger partial charge in [0.25, 0.3) is 0 Å². The molecule has 3 aromatic heterocycles. The van der Waals surface area contributed by atoms with E-state index in [1.165, 1.54) is 4.68 Å². The summed E-state index contributed by atoms with van der Waals surface area (Å²) < 4.78 is 1.54. The number of aromatic nitrogens is 3. The van der Waals surface area contributed by atoms with Crippen molar-refractivity contribution in [2.75, 3.05) is 5.84 Å². The molecule has 4 nitrogen and oxygen atoms in total. The highest BCUT2D eigenvalue weighted by Crippen LogP contribution is 2.27. The molecule has 0 aliphatic rings. The third kappa shape index (κ3) is 1.43. The molecule has 16 heavy (non-hydrogen) atoms. The molecule has 0 fully saturated rings. The van der Waals surface area contributed by atoms with Gasteiger partial charge in [0.2, 0.25) is 0 Å². The van der Waals surface area contributed by atoms with Crippen LogP contribution in [0.25, 0.3) is 21.4 Å². The van der Waals surface area contributed by atoms with E-state index in [4.69, 9.17) is 5.84 Å². The van der Waals surface area contributed by atoms with Crippen molar-refractivity contribution in [2.45, 2.75) is 0 Å². The van der Waals surface area contributed by atoms with Crippen LogP contribution in [-0.4, -0.2) is 14.9 Å². The SMILES string of the molecule is Nn1c(-c2cccs2)nnc1-c1cccs1. The maximum atomic E-state index is 5.99. The average molecular weight is 248 g/mol. The Labute approximate surface area is 100.0 Å². The highest BCUT2D eigenvalue weighted by molar-refractivity contribution is 7.13. The van der Waals surface area contributed by atoms with Gasteiger partial charge in [-0.15, -0.1) is 32.9 Å². The minimum absolute atomic E-state index is 0.707. The van der Waals surface area contributed by atoms with Crippen molar-refractivity contribution in [3.05, 3.63) is 35.0 Å². The van der Waals surface area contributed by atoms with E-state index in [0.29, 0.717) is 11.6 Å². The molecule has 0 aromatic carbocycles. The van der Waals surface area contributed by atoms with Gasteiger partial charge in [-0.05, 0) is 22.9 Å².